The fourth-order valence-corrected chi connectivity index (χ4v) is 1.44. The predicted molar refractivity (Wildman–Crippen MR) is 50.2 cm³/mol. The van der Waals surface area contributed by atoms with Crippen LogP contribution in [0.4, 0.5) is 0 Å². The largest absolute Gasteiger partial charge is 0.469 e. The topological polar surface area (TPSA) is 25.2 Å². The molecule has 1 rings (SSSR count). The third-order valence-electron chi connectivity index (χ3n) is 2.08. The summed E-state index contributed by atoms with van der Waals surface area (Å²) in [4.78, 5) is 0. The molecule has 2 heteroatoms. The molecule has 0 saturated heterocycles. The SMILES string of the molecule is CCNC(C)c1ccoc1CC. The van der Waals surface area contributed by atoms with Crippen molar-refractivity contribution in [3.63, 3.8) is 0 Å². The summed E-state index contributed by atoms with van der Waals surface area (Å²) in [5.74, 6) is 1.10. The van der Waals surface area contributed by atoms with Crippen molar-refractivity contribution in [2.75, 3.05) is 6.54 Å². The van der Waals surface area contributed by atoms with Gasteiger partial charge in [0.2, 0.25) is 0 Å². The summed E-state index contributed by atoms with van der Waals surface area (Å²) in [7, 11) is 0. The molecule has 0 saturated carbocycles. The zero-order chi connectivity index (χ0) is 8.97. The Labute approximate surface area is 74.0 Å². The third kappa shape index (κ3) is 1.89. The lowest BCUT2D eigenvalue weighted by atomic mass is 10.1. The van der Waals surface area contributed by atoms with Gasteiger partial charge in [-0.25, -0.2) is 0 Å². The van der Waals surface area contributed by atoms with E-state index in [1.54, 1.807) is 6.26 Å². The standard InChI is InChI=1S/C10H17NO/c1-4-10-9(6-7-12-10)8(3)11-5-2/h6-8,11H,4-5H2,1-3H3. The van der Waals surface area contributed by atoms with Crippen LogP contribution in [0.1, 0.15) is 38.1 Å². The van der Waals surface area contributed by atoms with Gasteiger partial charge in [0.15, 0.2) is 0 Å². The molecule has 1 aromatic rings. The van der Waals surface area contributed by atoms with Crippen LogP contribution in [0.5, 0.6) is 0 Å². The molecule has 1 atom stereocenters. The van der Waals surface area contributed by atoms with Gasteiger partial charge in [-0.1, -0.05) is 13.8 Å². The summed E-state index contributed by atoms with van der Waals surface area (Å²) < 4.78 is 5.34. The fraction of sp³-hybridized carbons (Fsp3) is 0.600. The van der Waals surface area contributed by atoms with E-state index in [2.05, 4.69) is 26.1 Å². The molecule has 0 aliphatic carbocycles. The van der Waals surface area contributed by atoms with E-state index in [-0.39, 0.29) is 0 Å². The average molecular weight is 167 g/mol. The molecule has 0 amide bonds. The molecule has 1 unspecified atom stereocenters. The van der Waals surface area contributed by atoms with Crippen LogP contribution in [0, 0.1) is 0 Å². The molecule has 0 aromatic carbocycles. The summed E-state index contributed by atoms with van der Waals surface area (Å²) in [5, 5.41) is 3.36. The highest BCUT2D eigenvalue weighted by molar-refractivity contribution is 5.20. The van der Waals surface area contributed by atoms with Gasteiger partial charge in [0, 0.05) is 18.0 Å². The van der Waals surface area contributed by atoms with Crippen molar-refractivity contribution in [2.45, 2.75) is 33.2 Å². The van der Waals surface area contributed by atoms with Gasteiger partial charge >= 0.3 is 0 Å². The van der Waals surface area contributed by atoms with Crippen LogP contribution >= 0.6 is 0 Å². The zero-order valence-corrected chi connectivity index (χ0v) is 8.05. The Morgan fingerprint density at radius 3 is 2.83 bits per heavy atom. The molecule has 0 aliphatic heterocycles. The van der Waals surface area contributed by atoms with Gasteiger partial charge < -0.3 is 9.73 Å². The fourth-order valence-electron chi connectivity index (χ4n) is 1.44. The Morgan fingerprint density at radius 1 is 1.50 bits per heavy atom. The van der Waals surface area contributed by atoms with E-state index >= 15 is 0 Å². The number of hydrogen-bond donors (Lipinski definition) is 1. The Bertz CT molecular complexity index is 229. The first-order chi connectivity index (χ1) is 5.79. The first-order valence-corrected chi connectivity index (χ1v) is 4.59. The molecule has 68 valence electrons. The molecule has 2 nitrogen and oxygen atoms in total. The Balaban J connectivity index is 2.71. The minimum atomic E-state index is 0.406. The Morgan fingerprint density at radius 2 is 2.25 bits per heavy atom. The summed E-state index contributed by atoms with van der Waals surface area (Å²) in [6.07, 6.45) is 2.74. The van der Waals surface area contributed by atoms with E-state index in [0.29, 0.717) is 6.04 Å². The lowest BCUT2D eigenvalue weighted by Gasteiger charge is -2.11. The number of nitrogens with one attached hydrogen (secondary N) is 1. The molecule has 0 spiro atoms. The highest BCUT2D eigenvalue weighted by Gasteiger charge is 2.10. The van der Waals surface area contributed by atoms with Gasteiger partial charge in [0.05, 0.1) is 6.26 Å². The van der Waals surface area contributed by atoms with Gasteiger partial charge in [-0.15, -0.1) is 0 Å². The van der Waals surface area contributed by atoms with Crippen molar-refractivity contribution < 1.29 is 4.42 Å². The second kappa shape index (κ2) is 4.31. The highest BCUT2D eigenvalue weighted by Crippen LogP contribution is 2.18. The van der Waals surface area contributed by atoms with Crippen molar-refractivity contribution in [1.82, 2.24) is 5.32 Å². The predicted octanol–water partition coefficient (Wildman–Crippen LogP) is 2.51. The van der Waals surface area contributed by atoms with Crippen LogP contribution in [0.3, 0.4) is 0 Å². The molecule has 0 aliphatic rings. The monoisotopic (exact) mass is 167 g/mol. The van der Waals surface area contributed by atoms with E-state index in [1.807, 2.05) is 6.07 Å². The molecule has 12 heavy (non-hydrogen) atoms. The molecule has 1 heterocycles. The van der Waals surface area contributed by atoms with Crippen molar-refractivity contribution in [3.8, 4) is 0 Å². The van der Waals surface area contributed by atoms with Crippen molar-refractivity contribution in [3.05, 3.63) is 23.7 Å². The quantitative estimate of drug-likeness (QED) is 0.745. The van der Waals surface area contributed by atoms with E-state index in [1.165, 1.54) is 5.56 Å². The summed E-state index contributed by atoms with van der Waals surface area (Å²) >= 11 is 0. The maximum absolute atomic E-state index is 5.34. The lowest BCUT2D eigenvalue weighted by Crippen LogP contribution is -2.18. The van der Waals surface area contributed by atoms with E-state index in [9.17, 15) is 0 Å². The van der Waals surface area contributed by atoms with Gasteiger partial charge in [-0.2, -0.15) is 0 Å². The zero-order valence-electron chi connectivity index (χ0n) is 8.05. The van der Waals surface area contributed by atoms with E-state index < -0.39 is 0 Å². The molecule has 1 N–H and O–H groups in total. The lowest BCUT2D eigenvalue weighted by molar-refractivity contribution is 0.497. The van der Waals surface area contributed by atoms with Crippen molar-refractivity contribution >= 4 is 0 Å². The van der Waals surface area contributed by atoms with Gasteiger partial charge in [0.25, 0.3) is 0 Å². The molecular weight excluding hydrogens is 150 g/mol. The first-order valence-electron chi connectivity index (χ1n) is 4.59. The molecular formula is C10H17NO. The highest BCUT2D eigenvalue weighted by atomic mass is 16.3. The second-order valence-electron chi connectivity index (χ2n) is 2.93. The van der Waals surface area contributed by atoms with Gasteiger partial charge in [-0.3, -0.25) is 0 Å². The maximum Gasteiger partial charge on any atom is 0.108 e. The van der Waals surface area contributed by atoms with Crippen LogP contribution in [0.2, 0.25) is 0 Å². The van der Waals surface area contributed by atoms with Crippen LogP contribution in [-0.2, 0) is 6.42 Å². The van der Waals surface area contributed by atoms with Gasteiger partial charge in [-0.05, 0) is 19.5 Å². The maximum atomic E-state index is 5.34. The Hall–Kier alpha value is -0.760. The van der Waals surface area contributed by atoms with Crippen LogP contribution < -0.4 is 5.32 Å². The summed E-state index contributed by atoms with van der Waals surface area (Å²) in [6, 6.07) is 2.45. The second-order valence-corrected chi connectivity index (χ2v) is 2.93. The van der Waals surface area contributed by atoms with Gasteiger partial charge in [0.1, 0.15) is 5.76 Å². The van der Waals surface area contributed by atoms with Crippen LogP contribution in [0.25, 0.3) is 0 Å². The molecule has 0 radical (unpaired) electrons. The first kappa shape index (κ1) is 9.33. The number of furan rings is 1. The Kier molecular flexibility index (Phi) is 3.35. The minimum Gasteiger partial charge on any atom is -0.469 e. The number of aryl methyl sites for hydroxylation is 1. The average Bonchev–Trinajstić information content (AvgIpc) is 2.51. The normalized spacial score (nSPS) is 13.2. The van der Waals surface area contributed by atoms with Crippen LogP contribution in [-0.4, -0.2) is 6.54 Å². The summed E-state index contributed by atoms with van der Waals surface area (Å²) in [6.45, 7) is 7.38. The number of hydrogen-bond acceptors (Lipinski definition) is 2. The van der Waals surface area contributed by atoms with Crippen molar-refractivity contribution in [2.24, 2.45) is 0 Å². The smallest absolute Gasteiger partial charge is 0.108 e. The molecule has 1 aromatic heterocycles. The summed E-state index contributed by atoms with van der Waals surface area (Å²) in [5.41, 5.74) is 1.29. The molecule has 0 fully saturated rings. The molecule has 0 bridgehead atoms. The van der Waals surface area contributed by atoms with E-state index in [0.717, 1.165) is 18.7 Å². The third-order valence-corrected chi connectivity index (χ3v) is 2.08. The van der Waals surface area contributed by atoms with Crippen LogP contribution in [0.15, 0.2) is 16.7 Å². The minimum absolute atomic E-state index is 0.406. The van der Waals surface area contributed by atoms with Crippen molar-refractivity contribution in [1.29, 1.82) is 0 Å². The number of rotatable bonds is 4. The van der Waals surface area contributed by atoms with E-state index in [4.69, 9.17) is 4.42 Å².